The van der Waals surface area contributed by atoms with E-state index in [9.17, 15) is 0 Å². The van der Waals surface area contributed by atoms with Crippen molar-refractivity contribution < 1.29 is 4.42 Å². The van der Waals surface area contributed by atoms with Crippen LogP contribution >= 0.6 is 11.3 Å². The maximum Gasteiger partial charge on any atom is 0.214 e. The van der Waals surface area contributed by atoms with E-state index in [2.05, 4.69) is 32.5 Å². The second kappa shape index (κ2) is 7.21. The molecule has 0 aliphatic carbocycles. The molecular weight excluding hydrogens is 286 g/mol. The Labute approximate surface area is 128 Å². The van der Waals surface area contributed by atoms with Gasteiger partial charge in [-0.2, -0.15) is 0 Å². The highest BCUT2D eigenvalue weighted by Crippen LogP contribution is 2.11. The lowest BCUT2D eigenvalue weighted by Gasteiger charge is -2.09. The van der Waals surface area contributed by atoms with Gasteiger partial charge in [-0.05, 0) is 20.8 Å². The van der Waals surface area contributed by atoms with Gasteiger partial charge in [-0.1, -0.05) is 0 Å². The predicted molar refractivity (Wildman–Crippen MR) is 84.7 cm³/mol. The highest BCUT2D eigenvalue weighted by atomic mass is 32.1. The molecule has 0 radical (unpaired) electrons. The van der Waals surface area contributed by atoms with Crippen molar-refractivity contribution in [1.29, 1.82) is 0 Å². The fourth-order valence-electron chi connectivity index (χ4n) is 1.80. The predicted octanol–water partition coefficient (Wildman–Crippen LogP) is 1.96. The first kappa shape index (κ1) is 15.5. The minimum Gasteiger partial charge on any atom is -0.444 e. The molecule has 0 aliphatic rings. The number of rotatable bonds is 5. The standard InChI is InChI=1S/C14H21N5OS/c1-9-7-17-13(21-9)5-6-16-14(15-4)18-8-12-19-10(2)11(3)20-12/h7H,5-6,8H2,1-4H3,(H2,15,16,18). The van der Waals surface area contributed by atoms with Gasteiger partial charge in [-0.3, -0.25) is 4.99 Å². The van der Waals surface area contributed by atoms with Crippen molar-refractivity contribution in [3.05, 3.63) is 33.4 Å². The van der Waals surface area contributed by atoms with Crippen LogP contribution in [0.25, 0.3) is 0 Å². The Morgan fingerprint density at radius 3 is 2.71 bits per heavy atom. The fourth-order valence-corrected chi connectivity index (χ4v) is 2.59. The van der Waals surface area contributed by atoms with E-state index in [-0.39, 0.29) is 0 Å². The summed E-state index contributed by atoms with van der Waals surface area (Å²) in [5, 5.41) is 7.57. The SMILES string of the molecule is CN=C(NCCc1ncc(C)s1)NCc1nc(C)c(C)o1. The van der Waals surface area contributed by atoms with E-state index < -0.39 is 0 Å². The summed E-state index contributed by atoms with van der Waals surface area (Å²) in [6.45, 7) is 7.22. The van der Waals surface area contributed by atoms with Crippen LogP contribution in [-0.4, -0.2) is 29.5 Å². The molecule has 0 aromatic carbocycles. The number of aromatic nitrogens is 2. The van der Waals surface area contributed by atoms with Crippen LogP contribution in [0.1, 0.15) is 27.2 Å². The van der Waals surface area contributed by atoms with E-state index in [0.717, 1.165) is 35.4 Å². The van der Waals surface area contributed by atoms with Gasteiger partial charge in [-0.15, -0.1) is 11.3 Å². The van der Waals surface area contributed by atoms with Gasteiger partial charge in [0, 0.05) is 31.1 Å². The molecule has 2 rings (SSSR count). The van der Waals surface area contributed by atoms with E-state index in [4.69, 9.17) is 4.42 Å². The van der Waals surface area contributed by atoms with Crippen LogP contribution in [0.2, 0.25) is 0 Å². The lowest BCUT2D eigenvalue weighted by molar-refractivity contribution is 0.464. The molecule has 0 unspecified atom stereocenters. The number of thiazole rings is 1. The van der Waals surface area contributed by atoms with Crippen LogP contribution in [0.3, 0.4) is 0 Å². The zero-order valence-corrected chi connectivity index (χ0v) is 13.7. The number of hydrogen-bond donors (Lipinski definition) is 2. The molecule has 0 spiro atoms. The Balaban J connectivity index is 1.75. The average Bonchev–Trinajstić information content (AvgIpc) is 3.00. The minimum atomic E-state index is 0.519. The summed E-state index contributed by atoms with van der Waals surface area (Å²) in [4.78, 5) is 14.1. The molecule has 2 heterocycles. The van der Waals surface area contributed by atoms with Gasteiger partial charge in [-0.25, -0.2) is 9.97 Å². The third-order valence-corrected chi connectivity index (χ3v) is 3.98. The van der Waals surface area contributed by atoms with Crippen LogP contribution in [0, 0.1) is 20.8 Å². The van der Waals surface area contributed by atoms with Gasteiger partial charge < -0.3 is 15.1 Å². The largest absolute Gasteiger partial charge is 0.444 e. The first-order valence-electron chi connectivity index (χ1n) is 6.87. The molecule has 21 heavy (non-hydrogen) atoms. The molecule has 2 aromatic heterocycles. The Hall–Kier alpha value is -1.89. The van der Waals surface area contributed by atoms with Crippen molar-refractivity contribution in [3.63, 3.8) is 0 Å². The Morgan fingerprint density at radius 1 is 1.33 bits per heavy atom. The van der Waals surface area contributed by atoms with Gasteiger partial charge in [0.15, 0.2) is 5.96 Å². The van der Waals surface area contributed by atoms with Crippen LogP contribution < -0.4 is 10.6 Å². The lowest BCUT2D eigenvalue weighted by atomic mass is 10.4. The Bertz CT molecular complexity index is 597. The number of hydrogen-bond acceptors (Lipinski definition) is 5. The number of aliphatic imine (C=N–C) groups is 1. The van der Waals surface area contributed by atoms with Crippen molar-refractivity contribution >= 4 is 17.3 Å². The quantitative estimate of drug-likeness (QED) is 0.652. The maximum atomic E-state index is 5.52. The first-order chi connectivity index (χ1) is 10.1. The van der Waals surface area contributed by atoms with E-state index in [1.54, 1.807) is 18.4 Å². The highest BCUT2D eigenvalue weighted by Gasteiger charge is 2.06. The summed E-state index contributed by atoms with van der Waals surface area (Å²) < 4.78 is 5.52. The molecule has 6 nitrogen and oxygen atoms in total. The van der Waals surface area contributed by atoms with Gasteiger partial charge in [0.25, 0.3) is 0 Å². The number of guanidine groups is 1. The first-order valence-corrected chi connectivity index (χ1v) is 7.69. The van der Waals surface area contributed by atoms with E-state index in [1.165, 1.54) is 4.88 Å². The van der Waals surface area contributed by atoms with Gasteiger partial charge in [0.05, 0.1) is 17.2 Å². The molecule has 0 fully saturated rings. The van der Waals surface area contributed by atoms with Crippen molar-refractivity contribution in [2.24, 2.45) is 4.99 Å². The number of oxazole rings is 1. The second-order valence-corrected chi connectivity index (χ2v) is 6.04. The molecule has 0 saturated heterocycles. The van der Waals surface area contributed by atoms with Crippen LogP contribution in [0.5, 0.6) is 0 Å². The van der Waals surface area contributed by atoms with Gasteiger partial charge in [0.2, 0.25) is 5.89 Å². The Morgan fingerprint density at radius 2 is 2.14 bits per heavy atom. The van der Waals surface area contributed by atoms with Crippen molar-refractivity contribution in [3.8, 4) is 0 Å². The smallest absolute Gasteiger partial charge is 0.214 e. The molecule has 2 aromatic rings. The average molecular weight is 307 g/mol. The monoisotopic (exact) mass is 307 g/mol. The summed E-state index contributed by atoms with van der Waals surface area (Å²) in [6, 6.07) is 0. The van der Waals surface area contributed by atoms with E-state index in [0.29, 0.717) is 12.4 Å². The molecule has 114 valence electrons. The molecule has 2 N–H and O–H groups in total. The normalized spacial score (nSPS) is 11.7. The topological polar surface area (TPSA) is 75.3 Å². The summed E-state index contributed by atoms with van der Waals surface area (Å²) in [5.74, 6) is 2.26. The molecular formula is C14H21N5OS. The van der Waals surface area contributed by atoms with Gasteiger partial charge in [0.1, 0.15) is 5.76 Å². The third-order valence-electron chi connectivity index (χ3n) is 3.00. The number of nitrogens with zero attached hydrogens (tertiary/aromatic N) is 3. The van der Waals surface area contributed by atoms with Crippen molar-refractivity contribution in [2.45, 2.75) is 33.7 Å². The zero-order valence-electron chi connectivity index (χ0n) is 12.9. The summed E-state index contributed by atoms with van der Waals surface area (Å²) in [5.41, 5.74) is 0.925. The molecule has 0 saturated carbocycles. The molecule has 0 bridgehead atoms. The maximum absolute atomic E-state index is 5.52. The lowest BCUT2D eigenvalue weighted by Crippen LogP contribution is -2.37. The number of aryl methyl sites for hydroxylation is 3. The summed E-state index contributed by atoms with van der Waals surface area (Å²) in [6.07, 6.45) is 2.79. The van der Waals surface area contributed by atoms with Crippen molar-refractivity contribution in [2.75, 3.05) is 13.6 Å². The summed E-state index contributed by atoms with van der Waals surface area (Å²) in [7, 11) is 1.74. The van der Waals surface area contributed by atoms with E-state index >= 15 is 0 Å². The second-order valence-electron chi connectivity index (χ2n) is 4.72. The van der Waals surface area contributed by atoms with Crippen molar-refractivity contribution in [1.82, 2.24) is 20.6 Å². The van der Waals surface area contributed by atoms with Crippen LogP contribution in [0.15, 0.2) is 15.6 Å². The summed E-state index contributed by atoms with van der Waals surface area (Å²) >= 11 is 1.73. The third kappa shape index (κ3) is 4.56. The Kier molecular flexibility index (Phi) is 5.32. The zero-order chi connectivity index (χ0) is 15.2. The van der Waals surface area contributed by atoms with Crippen LogP contribution in [-0.2, 0) is 13.0 Å². The minimum absolute atomic E-state index is 0.519. The molecule has 0 aliphatic heterocycles. The highest BCUT2D eigenvalue weighted by molar-refractivity contribution is 7.11. The fraction of sp³-hybridized carbons (Fsp3) is 0.500. The van der Waals surface area contributed by atoms with Gasteiger partial charge >= 0.3 is 0 Å². The molecule has 0 atom stereocenters. The van der Waals surface area contributed by atoms with Crippen LogP contribution in [0.4, 0.5) is 0 Å². The van der Waals surface area contributed by atoms with E-state index in [1.807, 2.05) is 20.0 Å². The molecule has 7 heteroatoms. The number of nitrogens with one attached hydrogen (secondary N) is 2. The molecule has 0 amide bonds.